The summed E-state index contributed by atoms with van der Waals surface area (Å²) in [6.07, 6.45) is 2.76. The number of carbonyl (C=O) groups excluding carboxylic acids is 1. The molecule has 0 fully saturated rings. The Kier molecular flexibility index (Phi) is 5.38. The van der Waals surface area contributed by atoms with Gasteiger partial charge in [-0.2, -0.15) is 0 Å². The van der Waals surface area contributed by atoms with Crippen molar-refractivity contribution in [3.63, 3.8) is 0 Å². The van der Waals surface area contributed by atoms with Crippen LogP contribution in [-0.4, -0.2) is 22.5 Å². The first-order chi connectivity index (χ1) is 12.7. The van der Waals surface area contributed by atoms with Crippen molar-refractivity contribution in [2.24, 2.45) is 0 Å². The number of benzene rings is 2. The fourth-order valence-electron chi connectivity index (χ4n) is 2.21. The van der Waals surface area contributed by atoms with Crippen molar-refractivity contribution >= 4 is 23.1 Å². The van der Waals surface area contributed by atoms with Crippen LogP contribution >= 0.6 is 0 Å². The molecule has 132 valence electrons. The van der Waals surface area contributed by atoms with E-state index in [4.69, 9.17) is 4.74 Å². The van der Waals surface area contributed by atoms with Gasteiger partial charge in [0.2, 0.25) is 0 Å². The van der Waals surface area contributed by atoms with Crippen molar-refractivity contribution < 1.29 is 13.9 Å². The number of anilines is 3. The maximum Gasteiger partial charge on any atom is 0.275 e. The minimum Gasteiger partial charge on any atom is -0.494 e. The molecule has 0 unspecified atom stereocenters. The quantitative estimate of drug-likeness (QED) is 0.701. The number of rotatable bonds is 6. The highest BCUT2D eigenvalue weighted by molar-refractivity contribution is 6.02. The Hall–Kier alpha value is -3.48. The Balaban J connectivity index is 1.64. The average Bonchev–Trinajstić information content (AvgIpc) is 2.66. The van der Waals surface area contributed by atoms with E-state index in [-0.39, 0.29) is 11.4 Å². The standard InChI is InChI=1S/C19H17FN4O2/c1-2-26-14-9-7-13(8-10-14)23-18-12-21-17(11-22-18)19(25)24-16-6-4-3-5-15(16)20/h3-12H,2H2,1H3,(H,22,23)(H,24,25). The van der Waals surface area contributed by atoms with Crippen LogP contribution < -0.4 is 15.4 Å². The summed E-state index contributed by atoms with van der Waals surface area (Å²) >= 11 is 0. The van der Waals surface area contributed by atoms with Gasteiger partial charge in [-0.3, -0.25) is 4.79 Å². The lowest BCUT2D eigenvalue weighted by Crippen LogP contribution is -2.15. The third-order valence-electron chi connectivity index (χ3n) is 3.44. The van der Waals surface area contributed by atoms with Crippen LogP contribution in [-0.2, 0) is 0 Å². The number of para-hydroxylation sites is 1. The van der Waals surface area contributed by atoms with Crippen molar-refractivity contribution in [3.8, 4) is 5.75 Å². The Bertz CT molecular complexity index is 883. The Labute approximate surface area is 150 Å². The molecule has 0 aliphatic rings. The monoisotopic (exact) mass is 352 g/mol. The van der Waals surface area contributed by atoms with E-state index in [0.717, 1.165) is 11.4 Å². The van der Waals surface area contributed by atoms with Gasteiger partial charge < -0.3 is 15.4 Å². The van der Waals surface area contributed by atoms with E-state index in [9.17, 15) is 9.18 Å². The van der Waals surface area contributed by atoms with Crippen LogP contribution in [0.3, 0.4) is 0 Å². The van der Waals surface area contributed by atoms with Crippen molar-refractivity contribution in [1.82, 2.24) is 9.97 Å². The summed E-state index contributed by atoms with van der Waals surface area (Å²) in [4.78, 5) is 20.3. The van der Waals surface area contributed by atoms with Crippen molar-refractivity contribution in [1.29, 1.82) is 0 Å². The van der Waals surface area contributed by atoms with Crippen LogP contribution in [0.5, 0.6) is 5.75 Å². The molecular formula is C19H17FN4O2. The molecule has 2 aromatic carbocycles. The minimum atomic E-state index is -0.532. The lowest BCUT2D eigenvalue weighted by atomic mass is 10.3. The molecule has 6 nitrogen and oxygen atoms in total. The first-order valence-corrected chi connectivity index (χ1v) is 8.03. The molecule has 1 amide bonds. The first kappa shape index (κ1) is 17.3. The van der Waals surface area contributed by atoms with Gasteiger partial charge in [0.1, 0.15) is 23.1 Å². The number of hydrogen-bond acceptors (Lipinski definition) is 5. The molecule has 2 N–H and O–H groups in total. The molecule has 0 saturated carbocycles. The molecule has 0 spiro atoms. The maximum atomic E-state index is 13.6. The predicted octanol–water partition coefficient (Wildman–Crippen LogP) is 4.01. The highest BCUT2D eigenvalue weighted by atomic mass is 19.1. The summed E-state index contributed by atoms with van der Waals surface area (Å²) < 4.78 is 19.0. The topological polar surface area (TPSA) is 76.1 Å². The molecule has 7 heteroatoms. The zero-order valence-corrected chi connectivity index (χ0v) is 14.1. The van der Waals surface area contributed by atoms with E-state index in [1.54, 1.807) is 12.1 Å². The molecule has 1 heterocycles. The second-order valence-electron chi connectivity index (χ2n) is 5.30. The third kappa shape index (κ3) is 4.32. The molecule has 0 bridgehead atoms. The normalized spacial score (nSPS) is 10.2. The number of carbonyl (C=O) groups is 1. The fraction of sp³-hybridized carbons (Fsp3) is 0.105. The smallest absolute Gasteiger partial charge is 0.275 e. The molecular weight excluding hydrogens is 335 g/mol. The summed E-state index contributed by atoms with van der Waals surface area (Å²) in [5.74, 6) is 0.221. The summed E-state index contributed by atoms with van der Waals surface area (Å²) in [5, 5.41) is 5.54. The zero-order valence-electron chi connectivity index (χ0n) is 14.1. The molecule has 26 heavy (non-hydrogen) atoms. The number of aromatic nitrogens is 2. The van der Waals surface area contributed by atoms with Crippen LogP contribution in [0.15, 0.2) is 60.9 Å². The molecule has 0 aliphatic heterocycles. The van der Waals surface area contributed by atoms with E-state index in [1.165, 1.54) is 24.5 Å². The largest absolute Gasteiger partial charge is 0.494 e. The first-order valence-electron chi connectivity index (χ1n) is 8.03. The highest BCUT2D eigenvalue weighted by Gasteiger charge is 2.11. The van der Waals surface area contributed by atoms with Crippen LogP contribution in [0.25, 0.3) is 0 Å². The Morgan fingerprint density at radius 3 is 2.50 bits per heavy atom. The lowest BCUT2D eigenvalue weighted by Gasteiger charge is -2.08. The van der Waals surface area contributed by atoms with E-state index in [2.05, 4.69) is 20.6 Å². The molecule has 0 aliphatic carbocycles. The highest BCUT2D eigenvalue weighted by Crippen LogP contribution is 2.19. The van der Waals surface area contributed by atoms with Crippen molar-refractivity contribution in [3.05, 3.63) is 72.4 Å². The third-order valence-corrected chi connectivity index (χ3v) is 3.44. The molecule has 3 aromatic rings. The lowest BCUT2D eigenvalue weighted by molar-refractivity contribution is 0.102. The predicted molar refractivity (Wildman–Crippen MR) is 97.3 cm³/mol. The summed E-state index contributed by atoms with van der Waals surface area (Å²) in [5.41, 5.74) is 0.993. The SMILES string of the molecule is CCOc1ccc(Nc2cnc(C(=O)Nc3ccccc3F)cn2)cc1. The van der Waals surface area contributed by atoms with Gasteiger partial charge in [0.25, 0.3) is 5.91 Å². The van der Waals surface area contributed by atoms with Gasteiger partial charge in [0.05, 0.1) is 24.7 Å². The van der Waals surface area contributed by atoms with Gasteiger partial charge in [0.15, 0.2) is 0 Å². The van der Waals surface area contributed by atoms with Crippen molar-refractivity contribution in [2.75, 3.05) is 17.2 Å². The molecule has 0 radical (unpaired) electrons. The molecule has 0 atom stereocenters. The van der Waals surface area contributed by atoms with E-state index < -0.39 is 11.7 Å². The van der Waals surface area contributed by atoms with Gasteiger partial charge in [-0.05, 0) is 43.3 Å². The van der Waals surface area contributed by atoms with E-state index in [1.807, 2.05) is 31.2 Å². The fourth-order valence-corrected chi connectivity index (χ4v) is 2.21. The van der Waals surface area contributed by atoms with E-state index in [0.29, 0.717) is 12.4 Å². The van der Waals surface area contributed by atoms with Crippen LogP contribution in [0, 0.1) is 5.82 Å². The summed E-state index contributed by atoms with van der Waals surface area (Å²) in [7, 11) is 0. The Morgan fingerprint density at radius 1 is 1.08 bits per heavy atom. The number of nitrogens with zero attached hydrogens (tertiary/aromatic N) is 2. The van der Waals surface area contributed by atoms with Gasteiger partial charge in [-0.15, -0.1) is 0 Å². The van der Waals surface area contributed by atoms with Gasteiger partial charge in [-0.25, -0.2) is 14.4 Å². The number of amides is 1. The molecule has 1 aromatic heterocycles. The maximum absolute atomic E-state index is 13.6. The van der Waals surface area contributed by atoms with Gasteiger partial charge >= 0.3 is 0 Å². The van der Waals surface area contributed by atoms with Gasteiger partial charge in [0, 0.05) is 5.69 Å². The second-order valence-corrected chi connectivity index (χ2v) is 5.30. The molecule has 0 saturated heterocycles. The summed E-state index contributed by atoms with van der Waals surface area (Å²) in [6, 6.07) is 13.3. The summed E-state index contributed by atoms with van der Waals surface area (Å²) in [6.45, 7) is 2.53. The average molecular weight is 352 g/mol. The van der Waals surface area contributed by atoms with Gasteiger partial charge in [-0.1, -0.05) is 12.1 Å². The van der Waals surface area contributed by atoms with E-state index >= 15 is 0 Å². The number of nitrogens with one attached hydrogen (secondary N) is 2. The number of ether oxygens (including phenoxy) is 1. The number of hydrogen-bond donors (Lipinski definition) is 2. The van der Waals surface area contributed by atoms with Crippen LogP contribution in [0.2, 0.25) is 0 Å². The zero-order chi connectivity index (χ0) is 18.4. The van der Waals surface area contributed by atoms with Crippen molar-refractivity contribution in [2.45, 2.75) is 6.92 Å². The minimum absolute atomic E-state index is 0.0884. The van der Waals surface area contributed by atoms with Crippen LogP contribution in [0.1, 0.15) is 17.4 Å². The second kappa shape index (κ2) is 8.06. The Morgan fingerprint density at radius 2 is 1.85 bits per heavy atom. The number of halogens is 1. The van der Waals surface area contributed by atoms with Crippen LogP contribution in [0.4, 0.5) is 21.6 Å². The molecule has 3 rings (SSSR count).